The summed E-state index contributed by atoms with van der Waals surface area (Å²) >= 11 is 0. The maximum absolute atomic E-state index is 12.7. The van der Waals surface area contributed by atoms with Crippen LogP contribution in [0.15, 0.2) is 48.7 Å². The van der Waals surface area contributed by atoms with Crippen LogP contribution in [0.5, 0.6) is 0 Å². The first-order chi connectivity index (χ1) is 10.6. The first kappa shape index (κ1) is 14.7. The Morgan fingerprint density at radius 2 is 2.05 bits per heavy atom. The number of aliphatic hydroxyl groups excluding tert-OH is 1. The Kier molecular flexibility index (Phi) is 4.20. The highest BCUT2D eigenvalue weighted by atomic mass is 16.3. The average molecular weight is 296 g/mol. The molecule has 0 aliphatic carbocycles. The smallest absolute Gasteiger partial charge is 0.255 e. The van der Waals surface area contributed by atoms with E-state index in [2.05, 4.69) is 4.98 Å². The van der Waals surface area contributed by atoms with E-state index in [1.165, 1.54) is 0 Å². The molecule has 0 unspecified atom stereocenters. The molecular weight excluding hydrogens is 276 g/mol. The quantitative estimate of drug-likeness (QED) is 0.945. The number of likely N-dealkylation sites (tertiary alicyclic amines) is 1. The van der Waals surface area contributed by atoms with E-state index in [0.717, 1.165) is 11.3 Å². The fourth-order valence-corrected chi connectivity index (χ4v) is 2.95. The molecule has 2 aromatic rings. The standard InChI is InChI=1S/C18H20N2O2/c1-13-7-8-15(12-19-13)18(22)20-10-9-17(21)16(20)11-14-5-3-2-4-6-14/h2-8,12,16-17,21H,9-11H2,1H3/t16-,17+/m0/s1. The normalized spacial score (nSPS) is 21.1. The summed E-state index contributed by atoms with van der Waals surface area (Å²) in [7, 11) is 0. The van der Waals surface area contributed by atoms with Gasteiger partial charge < -0.3 is 10.0 Å². The second kappa shape index (κ2) is 6.28. The van der Waals surface area contributed by atoms with E-state index < -0.39 is 6.10 Å². The summed E-state index contributed by atoms with van der Waals surface area (Å²) in [5, 5.41) is 10.3. The van der Waals surface area contributed by atoms with Gasteiger partial charge in [-0.2, -0.15) is 0 Å². The van der Waals surface area contributed by atoms with Gasteiger partial charge in [0.1, 0.15) is 0 Å². The molecule has 0 spiro atoms. The molecule has 1 N–H and O–H groups in total. The van der Waals surface area contributed by atoms with Crippen molar-refractivity contribution in [3.8, 4) is 0 Å². The SMILES string of the molecule is Cc1ccc(C(=O)N2CC[C@@H](O)[C@@H]2Cc2ccccc2)cn1. The monoisotopic (exact) mass is 296 g/mol. The van der Waals surface area contributed by atoms with E-state index in [4.69, 9.17) is 0 Å². The Hall–Kier alpha value is -2.20. The van der Waals surface area contributed by atoms with E-state index >= 15 is 0 Å². The molecule has 1 fully saturated rings. The zero-order valence-electron chi connectivity index (χ0n) is 12.6. The van der Waals surface area contributed by atoms with Gasteiger partial charge in [0.2, 0.25) is 0 Å². The summed E-state index contributed by atoms with van der Waals surface area (Å²) in [5.74, 6) is -0.0509. The van der Waals surface area contributed by atoms with E-state index in [-0.39, 0.29) is 11.9 Å². The summed E-state index contributed by atoms with van der Waals surface area (Å²) in [5.41, 5.74) is 2.60. The van der Waals surface area contributed by atoms with Crippen LogP contribution in [0.4, 0.5) is 0 Å². The van der Waals surface area contributed by atoms with Gasteiger partial charge in [0.15, 0.2) is 0 Å². The molecule has 1 aromatic heterocycles. The summed E-state index contributed by atoms with van der Waals surface area (Å²) in [6, 6.07) is 13.5. The highest BCUT2D eigenvalue weighted by molar-refractivity contribution is 5.94. The zero-order valence-corrected chi connectivity index (χ0v) is 12.6. The average Bonchev–Trinajstić information content (AvgIpc) is 2.89. The van der Waals surface area contributed by atoms with Gasteiger partial charge >= 0.3 is 0 Å². The number of hydrogen-bond acceptors (Lipinski definition) is 3. The van der Waals surface area contributed by atoms with Crippen molar-refractivity contribution >= 4 is 5.91 Å². The molecular formula is C18H20N2O2. The van der Waals surface area contributed by atoms with Gasteiger partial charge in [0.25, 0.3) is 5.91 Å². The van der Waals surface area contributed by atoms with Crippen LogP contribution in [0.3, 0.4) is 0 Å². The van der Waals surface area contributed by atoms with Gasteiger partial charge in [0.05, 0.1) is 17.7 Å². The molecule has 0 radical (unpaired) electrons. The van der Waals surface area contributed by atoms with Gasteiger partial charge in [-0.25, -0.2) is 0 Å². The lowest BCUT2D eigenvalue weighted by Gasteiger charge is -2.26. The molecule has 1 aliphatic rings. The van der Waals surface area contributed by atoms with Crippen LogP contribution < -0.4 is 0 Å². The fraction of sp³-hybridized carbons (Fsp3) is 0.333. The van der Waals surface area contributed by atoms with Crippen molar-refractivity contribution in [2.45, 2.75) is 31.9 Å². The first-order valence-electron chi connectivity index (χ1n) is 7.61. The van der Waals surface area contributed by atoms with Crippen molar-refractivity contribution < 1.29 is 9.90 Å². The molecule has 1 saturated heterocycles. The molecule has 0 saturated carbocycles. The van der Waals surface area contributed by atoms with Crippen molar-refractivity contribution in [3.63, 3.8) is 0 Å². The number of aromatic nitrogens is 1. The molecule has 0 bridgehead atoms. The molecule has 1 aliphatic heterocycles. The molecule has 1 amide bonds. The fourth-order valence-electron chi connectivity index (χ4n) is 2.95. The third-order valence-corrected chi connectivity index (χ3v) is 4.22. The Morgan fingerprint density at radius 3 is 2.73 bits per heavy atom. The largest absolute Gasteiger partial charge is 0.391 e. The number of carbonyl (C=O) groups is 1. The Labute approximate surface area is 130 Å². The van der Waals surface area contributed by atoms with Crippen LogP contribution in [0.25, 0.3) is 0 Å². The third kappa shape index (κ3) is 3.02. The van der Waals surface area contributed by atoms with Crippen molar-refractivity contribution in [2.24, 2.45) is 0 Å². The summed E-state index contributed by atoms with van der Waals surface area (Å²) in [6.45, 7) is 2.48. The number of aryl methyl sites for hydroxylation is 1. The number of rotatable bonds is 3. The highest BCUT2D eigenvalue weighted by Gasteiger charge is 2.36. The van der Waals surface area contributed by atoms with Crippen LogP contribution in [0.1, 0.15) is 28.0 Å². The van der Waals surface area contributed by atoms with Crippen LogP contribution in [0.2, 0.25) is 0 Å². The van der Waals surface area contributed by atoms with Crippen LogP contribution in [0, 0.1) is 6.92 Å². The minimum atomic E-state index is -0.470. The third-order valence-electron chi connectivity index (χ3n) is 4.22. The predicted octanol–water partition coefficient (Wildman–Crippen LogP) is 2.21. The lowest BCUT2D eigenvalue weighted by molar-refractivity contribution is 0.0639. The number of benzene rings is 1. The molecule has 2 atom stereocenters. The maximum Gasteiger partial charge on any atom is 0.255 e. The number of aliphatic hydroxyl groups is 1. The van der Waals surface area contributed by atoms with Gasteiger partial charge in [0, 0.05) is 18.4 Å². The van der Waals surface area contributed by atoms with Gasteiger partial charge in [-0.15, -0.1) is 0 Å². The Balaban J connectivity index is 1.79. The van der Waals surface area contributed by atoms with Gasteiger partial charge in [-0.3, -0.25) is 9.78 Å². The van der Waals surface area contributed by atoms with E-state index in [1.54, 1.807) is 17.2 Å². The highest BCUT2D eigenvalue weighted by Crippen LogP contribution is 2.24. The van der Waals surface area contributed by atoms with Crippen LogP contribution >= 0.6 is 0 Å². The Morgan fingerprint density at radius 1 is 1.27 bits per heavy atom. The number of hydrogen-bond donors (Lipinski definition) is 1. The maximum atomic E-state index is 12.7. The summed E-state index contributed by atoms with van der Waals surface area (Å²) < 4.78 is 0. The van der Waals surface area contributed by atoms with Crippen LogP contribution in [-0.4, -0.2) is 39.6 Å². The topological polar surface area (TPSA) is 53.4 Å². The molecule has 2 heterocycles. The molecule has 1 aromatic carbocycles. The zero-order chi connectivity index (χ0) is 15.5. The van der Waals surface area contributed by atoms with Crippen molar-refractivity contribution in [1.82, 2.24) is 9.88 Å². The van der Waals surface area contributed by atoms with E-state index in [9.17, 15) is 9.90 Å². The second-order valence-corrected chi connectivity index (χ2v) is 5.80. The first-order valence-corrected chi connectivity index (χ1v) is 7.61. The second-order valence-electron chi connectivity index (χ2n) is 5.80. The molecule has 22 heavy (non-hydrogen) atoms. The number of carbonyl (C=O) groups excluding carboxylic acids is 1. The number of pyridine rings is 1. The van der Waals surface area contributed by atoms with Crippen molar-refractivity contribution in [1.29, 1.82) is 0 Å². The molecule has 4 nitrogen and oxygen atoms in total. The van der Waals surface area contributed by atoms with Gasteiger partial charge in [-0.05, 0) is 37.5 Å². The molecule has 3 rings (SSSR count). The molecule has 4 heteroatoms. The van der Waals surface area contributed by atoms with E-state index in [1.807, 2.05) is 43.3 Å². The van der Waals surface area contributed by atoms with Crippen molar-refractivity contribution in [3.05, 3.63) is 65.5 Å². The van der Waals surface area contributed by atoms with Crippen LogP contribution in [-0.2, 0) is 6.42 Å². The minimum absolute atomic E-state index is 0.0509. The Bertz CT molecular complexity index is 640. The lowest BCUT2D eigenvalue weighted by atomic mass is 10.0. The number of amides is 1. The summed E-state index contributed by atoms with van der Waals surface area (Å²) in [4.78, 5) is 18.7. The molecule has 114 valence electrons. The summed E-state index contributed by atoms with van der Waals surface area (Å²) in [6.07, 6.45) is 2.44. The lowest BCUT2D eigenvalue weighted by Crippen LogP contribution is -2.41. The van der Waals surface area contributed by atoms with Gasteiger partial charge in [-0.1, -0.05) is 30.3 Å². The van der Waals surface area contributed by atoms with Crippen molar-refractivity contribution in [2.75, 3.05) is 6.54 Å². The predicted molar refractivity (Wildman–Crippen MR) is 84.6 cm³/mol. The number of nitrogens with zero attached hydrogens (tertiary/aromatic N) is 2. The minimum Gasteiger partial charge on any atom is -0.391 e. The van der Waals surface area contributed by atoms with E-state index in [0.29, 0.717) is 24.9 Å².